The molecular weight excluding hydrogens is 400 g/mol. The molecule has 1 fully saturated rings. The van der Waals surface area contributed by atoms with Crippen LogP contribution in [0.3, 0.4) is 0 Å². The maximum atomic E-state index is 12.4. The number of nitrogens with one attached hydrogen (secondary N) is 2. The first-order valence-electron chi connectivity index (χ1n) is 9.46. The van der Waals surface area contributed by atoms with Gasteiger partial charge in [0.05, 0.1) is 11.3 Å². The number of ether oxygens (including phenoxy) is 1. The number of phenolic OH excluding ortho intramolecular Hbond substituents is 1. The van der Waals surface area contributed by atoms with Crippen molar-refractivity contribution in [3.05, 3.63) is 23.3 Å². The average molecular weight is 427 g/mol. The van der Waals surface area contributed by atoms with Gasteiger partial charge in [0.1, 0.15) is 16.3 Å². The number of fused-ring (bicyclic) bond motifs is 1. The highest BCUT2D eigenvalue weighted by Crippen LogP contribution is 2.42. The van der Waals surface area contributed by atoms with E-state index in [1.54, 1.807) is 6.92 Å². The second-order valence-corrected chi connectivity index (χ2v) is 7.89. The molecule has 28 heavy (non-hydrogen) atoms. The maximum absolute atomic E-state index is 12.4. The highest BCUT2D eigenvalue weighted by molar-refractivity contribution is 7.23. The predicted molar refractivity (Wildman–Crippen MR) is 115 cm³/mol. The van der Waals surface area contributed by atoms with Gasteiger partial charge in [-0.15, -0.1) is 23.7 Å². The van der Waals surface area contributed by atoms with E-state index in [2.05, 4.69) is 10.6 Å². The third-order valence-electron chi connectivity index (χ3n) is 4.87. The van der Waals surface area contributed by atoms with Crippen molar-refractivity contribution in [1.29, 1.82) is 0 Å². The van der Waals surface area contributed by atoms with Crippen molar-refractivity contribution in [1.82, 2.24) is 5.32 Å². The molecule has 3 N–H and O–H groups in total. The normalized spacial score (nSPS) is 14.5. The molecule has 0 spiro atoms. The number of amides is 1. The summed E-state index contributed by atoms with van der Waals surface area (Å²) < 4.78 is 5.72. The van der Waals surface area contributed by atoms with Gasteiger partial charge in [-0.2, -0.15) is 0 Å². The Labute approximate surface area is 175 Å². The van der Waals surface area contributed by atoms with Crippen LogP contribution in [0.5, 0.6) is 5.75 Å². The van der Waals surface area contributed by atoms with Crippen molar-refractivity contribution in [3.63, 3.8) is 0 Å². The third-order valence-corrected chi connectivity index (χ3v) is 6.00. The van der Waals surface area contributed by atoms with Crippen molar-refractivity contribution >= 4 is 50.7 Å². The molecule has 1 aliphatic carbocycles. The SMILES string of the molecule is CCOC(=O)c1c(NC(C)=O)sc2c(O)c(CNC3CCCCC3)ccc12.Cl. The fourth-order valence-electron chi connectivity index (χ4n) is 3.54. The zero-order valence-electron chi connectivity index (χ0n) is 16.2. The minimum Gasteiger partial charge on any atom is -0.506 e. The number of carbonyl (C=O) groups is 2. The lowest BCUT2D eigenvalue weighted by molar-refractivity contribution is -0.114. The second-order valence-electron chi connectivity index (χ2n) is 6.87. The first-order chi connectivity index (χ1) is 13.0. The van der Waals surface area contributed by atoms with E-state index < -0.39 is 5.97 Å². The van der Waals surface area contributed by atoms with Crippen LogP contribution < -0.4 is 10.6 Å². The van der Waals surface area contributed by atoms with Gasteiger partial charge in [0.25, 0.3) is 0 Å². The van der Waals surface area contributed by atoms with Gasteiger partial charge in [0.2, 0.25) is 5.91 Å². The minimum atomic E-state index is -0.500. The summed E-state index contributed by atoms with van der Waals surface area (Å²) in [5, 5.41) is 18.0. The smallest absolute Gasteiger partial charge is 0.341 e. The number of carbonyl (C=O) groups excluding carboxylic acids is 2. The summed E-state index contributed by atoms with van der Waals surface area (Å²) in [4.78, 5) is 23.9. The average Bonchev–Trinajstić information content (AvgIpc) is 3.00. The third kappa shape index (κ3) is 4.96. The minimum absolute atomic E-state index is 0. The number of hydrogen-bond acceptors (Lipinski definition) is 6. The second kappa shape index (κ2) is 10.1. The zero-order chi connectivity index (χ0) is 19.4. The predicted octanol–water partition coefficient (Wildman–Crippen LogP) is 4.59. The van der Waals surface area contributed by atoms with E-state index in [1.165, 1.54) is 50.4 Å². The molecule has 0 aliphatic heterocycles. The van der Waals surface area contributed by atoms with Gasteiger partial charge < -0.3 is 20.5 Å². The number of benzene rings is 1. The Bertz CT molecular complexity index is 846. The summed E-state index contributed by atoms with van der Waals surface area (Å²) >= 11 is 1.20. The molecule has 1 aromatic carbocycles. The van der Waals surface area contributed by atoms with Gasteiger partial charge in [0.15, 0.2) is 0 Å². The summed E-state index contributed by atoms with van der Waals surface area (Å²) in [7, 11) is 0. The number of phenols is 1. The van der Waals surface area contributed by atoms with E-state index in [9.17, 15) is 14.7 Å². The van der Waals surface area contributed by atoms with Gasteiger partial charge in [-0.25, -0.2) is 4.79 Å². The van der Waals surface area contributed by atoms with E-state index >= 15 is 0 Å². The number of thiophene rings is 1. The van der Waals surface area contributed by atoms with Crippen LogP contribution in [0.1, 0.15) is 61.9 Å². The van der Waals surface area contributed by atoms with Gasteiger partial charge in [-0.05, 0) is 19.8 Å². The van der Waals surface area contributed by atoms with Crippen LogP contribution in [-0.4, -0.2) is 29.6 Å². The molecule has 1 saturated carbocycles. The van der Waals surface area contributed by atoms with Crippen molar-refractivity contribution in [2.24, 2.45) is 0 Å². The lowest BCUT2D eigenvalue weighted by Crippen LogP contribution is -2.30. The molecule has 3 rings (SSSR count). The van der Waals surface area contributed by atoms with Crippen LogP contribution in [0, 0.1) is 0 Å². The monoisotopic (exact) mass is 426 g/mol. The molecule has 0 unspecified atom stereocenters. The van der Waals surface area contributed by atoms with Crippen LogP contribution in [0.4, 0.5) is 5.00 Å². The Hall–Kier alpha value is -1.83. The van der Waals surface area contributed by atoms with Crippen molar-refractivity contribution in [3.8, 4) is 5.75 Å². The van der Waals surface area contributed by atoms with Crippen LogP contribution in [0.25, 0.3) is 10.1 Å². The number of hydrogen-bond donors (Lipinski definition) is 3. The van der Waals surface area contributed by atoms with E-state index in [4.69, 9.17) is 4.74 Å². The van der Waals surface area contributed by atoms with Crippen LogP contribution >= 0.6 is 23.7 Å². The fourth-order valence-corrected chi connectivity index (χ4v) is 4.75. The largest absolute Gasteiger partial charge is 0.506 e. The highest BCUT2D eigenvalue weighted by atomic mass is 35.5. The fraction of sp³-hybridized carbons (Fsp3) is 0.500. The number of halogens is 1. The molecule has 0 bridgehead atoms. The molecule has 2 aromatic rings. The van der Waals surface area contributed by atoms with Gasteiger partial charge >= 0.3 is 5.97 Å². The molecule has 0 radical (unpaired) electrons. The Morgan fingerprint density at radius 3 is 2.61 bits per heavy atom. The number of rotatable bonds is 6. The topological polar surface area (TPSA) is 87.7 Å². The maximum Gasteiger partial charge on any atom is 0.341 e. The lowest BCUT2D eigenvalue weighted by Gasteiger charge is -2.23. The highest BCUT2D eigenvalue weighted by Gasteiger charge is 2.24. The number of aromatic hydroxyl groups is 1. The summed E-state index contributed by atoms with van der Waals surface area (Å²) in [6.45, 7) is 3.94. The molecule has 1 aromatic heterocycles. The molecule has 154 valence electrons. The van der Waals surface area contributed by atoms with E-state index in [-0.39, 0.29) is 30.7 Å². The zero-order valence-corrected chi connectivity index (χ0v) is 17.8. The summed E-state index contributed by atoms with van der Waals surface area (Å²) in [5.74, 6) is -0.617. The summed E-state index contributed by atoms with van der Waals surface area (Å²) in [5.41, 5.74) is 1.09. The summed E-state index contributed by atoms with van der Waals surface area (Å²) in [6.07, 6.45) is 6.13. The Balaban J connectivity index is 0.00000280. The quantitative estimate of drug-likeness (QED) is 0.588. The van der Waals surface area contributed by atoms with Crippen molar-refractivity contribution < 1.29 is 19.4 Å². The number of esters is 1. The van der Waals surface area contributed by atoms with Gasteiger partial charge in [-0.1, -0.05) is 31.4 Å². The van der Waals surface area contributed by atoms with E-state index in [0.29, 0.717) is 33.2 Å². The van der Waals surface area contributed by atoms with E-state index in [1.807, 2.05) is 12.1 Å². The Morgan fingerprint density at radius 2 is 1.96 bits per heavy atom. The lowest BCUT2D eigenvalue weighted by atomic mass is 9.95. The Morgan fingerprint density at radius 1 is 1.25 bits per heavy atom. The van der Waals surface area contributed by atoms with Gasteiger partial charge in [-0.3, -0.25) is 4.79 Å². The molecule has 8 heteroatoms. The van der Waals surface area contributed by atoms with Crippen LogP contribution in [0.15, 0.2) is 12.1 Å². The molecule has 1 heterocycles. The summed E-state index contributed by atoms with van der Waals surface area (Å²) in [6, 6.07) is 4.14. The van der Waals surface area contributed by atoms with Crippen molar-refractivity contribution in [2.75, 3.05) is 11.9 Å². The standard InChI is InChI=1S/C20H26N2O4S.ClH/c1-3-26-20(25)16-15-10-9-13(11-21-14-7-5-4-6-8-14)17(24)18(15)27-19(16)22-12(2)23;/h9-10,14,21,24H,3-8,11H2,1-2H3,(H,22,23);1H. The molecule has 0 saturated heterocycles. The Kier molecular flexibility index (Phi) is 8.10. The van der Waals surface area contributed by atoms with Crippen molar-refractivity contribution in [2.45, 2.75) is 58.5 Å². The first-order valence-corrected chi connectivity index (χ1v) is 10.3. The first kappa shape index (κ1) is 22.5. The van der Waals surface area contributed by atoms with Crippen LogP contribution in [0.2, 0.25) is 0 Å². The molecule has 1 aliphatic rings. The van der Waals surface area contributed by atoms with Gasteiger partial charge in [0, 0.05) is 30.5 Å². The molecule has 6 nitrogen and oxygen atoms in total. The molecular formula is C20H27ClN2O4S. The molecule has 0 atom stereocenters. The van der Waals surface area contributed by atoms with Crippen LogP contribution in [-0.2, 0) is 16.1 Å². The van der Waals surface area contributed by atoms with E-state index in [0.717, 1.165) is 5.56 Å². The number of anilines is 1. The molecule has 1 amide bonds.